The number of alkyl halides is 2. The van der Waals surface area contributed by atoms with Crippen LogP contribution in [0.4, 0.5) is 8.78 Å². The van der Waals surface area contributed by atoms with Crippen molar-refractivity contribution < 1.29 is 52.6 Å². The van der Waals surface area contributed by atoms with Gasteiger partial charge in [-0.1, -0.05) is 13.8 Å². The molecular formula is C42H61F2LiN6O5. The molecule has 2 N–H and O–H groups in total. The molecule has 2 saturated heterocycles. The van der Waals surface area contributed by atoms with E-state index < -0.39 is 17.3 Å². The quantitative estimate of drug-likeness (QED) is 0.163. The molecule has 2 aliphatic rings. The second-order valence-corrected chi connectivity index (χ2v) is 16.7. The van der Waals surface area contributed by atoms with Gasteiger partial charge in [0.15, 0.2) is 0 Å². The maximum absolute atomic E-state index is 14.0. The third kappa shape index (κ3) is 10.8. The van der Waals surface area contributed by atoms with E-state index in [1.165, 1.54) is 0 Å². The molecule has 11 nitrogen and oxygen atoms in total. The first kappa shape index (κ1) is 47.0. The van der Waals surface area contributed by atoms with E-state index in [1.54, 1.807) is 50.7 Å². The van der Waals surface area contributed by atoms with Crippen molar-refractivity contribution in [3.8, 4) is 0 Å². The van der Waals surface area contributed by atoms with Crippen molar-refractivity contribution in [2.75, 3.05) is 45.9 Å². The van der Waals surface area contributed by atoms with Gasteiger partial charge in [-0.25, -0.2) is 27.4 Å². The largest absolute Gasteiger partial charge is 1.00 e. The van der Waals surface area contributed by atoms with E-state index in [-0.39, 0.29) is 42.1 Å². The molecule has 2 aliphatic heterocycles. The summed E-state index contributed by atoms with van der Waals surface area (Å²) < 4.78 is 36.8. The number of nitrogens with zero attached hydrogens (tertiary/aromatic N) is 6. The Kier molecular flexibility index (Phi) is 16.3. The molecule has 0 amide bonds. The first-order chi connectivity index (χ1) is 25.4. The number of halogens is 2. The number of ether oxygens (including phenoxy) is 1. The zero-order valence-corrected chi connectivity index (χ0v) is 35.1. The van der Waals surface area contributed by atoms with Gasteiger partial charge < -0.3 is 25.1 Å². The van der Waals surface area contributed by atoms with Crippen molar-refractivity contribution in [3.63, 3.8) is 0 Å². The second kappa shape index (κ2) is 19.4. The summed E-state index contributed by atoms with van der Waals surface area (Å²) >= 11 is 0. The van der Waals surface area contributed by atoms with E-state index in [0.717, 1.165) is 79.9 Å². The van der Waals surface area contributed by atoms with Crippen molar-refractivity contribution >= 4 is 23.0 Å². The fourth-order valence-corrected chi connectivity index (χ4v) is 9.00. The first-order valence-corrected chi connectivity index (χ1v) is 19.6. The molecular weight excluding hydrogens is 713 g/mol. The number of carbonyl (C=O) groups is 2. The number of fused-ring (bicyclic) bond motifs is 2. The Bertz CT molecular complexity index is 1920. The van der Waals surface area contributed by atoms with Gasteiger partial charge >= 0.3 is 30.8 Å². The molecule has 4 aromatic heterocycles. The smallest absolute Gasteiger partial charge is 0.870 e. The van der Waals surface area contributed by atoms with Crippen molar-refractivity contribution in [1.82, 2.24) is 29.0 Å². The zero-order chi connectivity index (χ0) is 39.5. The molecule has 0 aliphatic carbocycles. The van der Waals surface area contributed by atoms with E-state index in [2.05, 4.69) is 33.8 Å². The van der Waals surface area contributed by atoms with Crippen molar-refractivity contribution in [2.24, 2.45) is 11.8 Å². The summed E-state index contributed by atoms with van der Waals surface area (Å²) in [5.74, 6) is 0.176. The number of aromatic nitrogens is 4. The summed E-state index contributed by atoms with van der Waals surface area (Å²) in [5, 5.41) is 18.6. The van der Waals surface area contributed by atoms with Gasteiger partial charge in [-0.15, -0.1) is 0 Å². The Morgan fingerprint density at radius 3 is 1.52 bits per heavy atom. The number of aromatic carboxylic acids is 1. The molecule has 0 spiro atoms. The molecule has 6 rings (SSSR count). The molecule has 56 heavy (non-hydrogen) atoms. The van der Waals surface area contributed by atoms with Gasteiger partial charge in [-0.2, -0.15) is 10.2 Å². The summed E-state index contributed by atoms with van der Waals surface area (Å²) in [7, 11) is 0. The third-order valence-corrected chi connectivity index (χ3v) is 11.4. The van der Waals surface area contributed by atoms with Gasteiger partial charge in [0.2, 0.25) is 0 Å². The number of hydrogen-bond donors (Lipinski definition) is 1. The van der Waals surface area contributed by atoms with Crippen molar-refractivity contribution in [3.05, 3.63) is 70.3 Å². The van der Waals surface area contributed by atoms with E-state index in [0.29, 0.717) is 48.2 Å². The van der Waals surface area contributed by atoms with Gasteiger partial charge in [0.1, 0.15) is 11.3 Å². The number of likely N-dealkylation sites (tertiary alicyclic amines) is 2. The maximum Gasteiger partial charge on any atom is 1.00 e. The molecule has 14 heteroatoms. The van der Waals surface area contributed by atoms with Gasteiger partial charge in [-0.05, 0) is 148 Å². The molecule has 4 aromatic rings. The van der Waals surface area contributed by atoms with Crippen LogP contribution in [0.3, 0.4) is 0 Å². The van der Waals surface area contributed by atoms with E-state index in [9.17, 15) is 23.5 Å². The summed E-state index contributed by atoms with van der Waals surface area (Å²) in [6.45, 7) is 21.5. The van der Waals surface area contributed by atoms with Crippen LogP contribution in [0.1, 0.15) is 129 Å². The van der Waals surface area contributed by atoms with Crippen LogP contribution in [0, 0.1) is 25.7 Å². The number of carbonyl (C=O) groups excluding carboxylic acids is 1. The topological polar surface area (TPSA) is 135 Å². The maximum atomic E-state index is 14.0. The van der Waals surface area contributed by atoms with Crippen molar-refractivity contribution in [1.29, 1.82) is 0 Å². The summed E-state index contributed by atoms with van der Waals surface area (Å²) in [5.41, 5.74) is 3.91. The third-order valence-electron chi connectivity index (χ3n) is 11.4. The van der Waals surface area contributed by atoms with Crippen LogP contribution in [-0.2, 0) is 4.74 Å². The number of carboxylic acids is 1. The molecule has 2 unspecified atom stereocenters. The average molecular weight is 775 g/mol. The minimum absolute atomic E-state index is 0. The molecule has 6 heterocycles. The van der Waals surface area contributed by atoms with Crippen molar-refractivity contribution in [2.45, 2.75) is 111 Å². The van der Waals surface area contributed by atoms with Crippen LogP contribution in [0.5, 0.6) is 0 Å². The summed E-state index contributed by atoms with van der Waals surface area (Å²) in [6.07, 6.45) is 7.46. The predicted octanol–water partition coefficient (Wildman–Crippen LogP) is 5.11. The number of hydrogen-bond acceptors (Lipinski definition) is 8. The predicted molar refractivity (Wildman–Crippen MR) is 210 cm³/mol. The molecule has 0 aromatic carbocycles. The number of piperidine rings is 2. The van der Waals surface area contributed by atoms with Crippen LogP contribution in [-0.4, -0.2) is 109 Å². The fourth-order valence-electron chi connectivity index (χ4n) is 9.00. The van der Waals surface area contributed by atoms with Gasteiger partial charge in [0.05, 0.1) is 28.8 Å². The van der Waals surface area contributed by atoms with E-state index in [1.807, 2.05) is 43.5 Å². The number of esters is 1. The molecule has 0 radical (unpaired) electrons. The molecule has 304 valence electrons. The van der Waals surface area contributed by atoms with Gasteiger partial charge in [-0.3, -0.25) is 0 Å². The van der Waals surface area contributed by atoms with Gasteiger partial charge in [0.25, 0.3) is 0 Å². The minimum atomic E-state index is -1.17. The summed E-state index contributed by atoms with van der Waals surface area (Å²) in [6, 6.07) is 7.36. The Balaban J connectivity index is 0.000000291. The van der Waals surface area contributed by atoms with E-state index >= 15 is 0 Å². The summed E-state index contributed by atoms with van der Waals surface area (Å²) in [4.78, 5) is 28.7. The first-order valence-electron chi connectivity index (χ1n) is 19.6. The van der Waals surface area contributed by atoms with Crippen LogP contribution in [0.25, 0.3) is 11.0 Å². The van der Waals surface area contributed by atoms with Crippen LogP contribution < -0.4 is 18.9 Å². The van der Waals surface area contributed by atoms with Gasteiger partial charge in [0, 0.05) is 48.7 Å². The monoisotopic (exact) mass is 774 g/mol. The standard InChI is InChI=1S/C22H32FN3O2.C20H28FN3O2.Li.H2O/c1-6-28-21(27)19-16(3)20(26-18(19)8-7-11-24-26)15(2)17-9-12-25(13-10-17)14-22(4,5)23;1-13(15-7-10-23(11-8-15)12-20(3,4)21)18-14(2)17(19(25)26)16-6-5-9-22-24(16)18;;/h7-8,11,15,17H,6,9-10,12-14H2,1-5H3;5-6,9,13,15H,7-8,10-12H2,1-4H3,(H,25,26);;1H2/q;;+1;/p-1. The molecule has 0 saturated carbocycles. The Morgan fingerprint density at radius 2 is 1.16 bits per heavy atom. The molecule has 2 atom stereocenters. The van der Waals surface area contributed by atoms with Crippen LogP contribution in [0.15, 0.2) is 36.7 Å². The Hall–Kier alpha value is -3.34. The normalized spacial score (nSPS) is 17.4. The Morgan fingerprint density at radius 1 is 0.786 bits per heavy atom. The van der Waals surface area contributed by atoms with Crippen LogP contribution in [0.2, 0.25) is 0 Å². The van der Waals surface area contributed by atoms with Crippen LogP contribution >= 0.6 is 0 Å². The van der Waals surface area contributed by atoms with E-state index in [4.69, 9.17) is 4.74 Å². The molecule has 2 fully saturated rings. The second-order valence-electron chi connectivity index (χ2n) is 16.7. The fraction of sp³-hybridized carbons (Fsp3) is 0.619. The number of carboxylic acid groups (broad SMARTS) is 1. The zero-order valence-electron chi connectivity index (χ0n) is 35.1. The SMILES string of the molecule is CCOC(=O)c1c(C)c(C(C)C2CCN(CC(C)(C)F)CC2)n2ncccc12.Cc1c(C(=O)O)c2cccnn2c1C(C)C1CCN(CC(C)(C)F)CC1.[Li+].[OH-]. The number of rotatable bonds is 11. The minimum Gasteiger partial charge on any atom is -0.870 e. The average Bonchev–Trinajstić information content (AvgIpc) is 3.57. The molecule has 0 bridgehead atoms. The Labute approximate surface area is 342 Å².